The van der Waals surface area contributed by atoms with E-state index in [1.54, 1.807) is 0 Å². The number of aliphatic hydroxyl groups excluding tert-OH is 3. The van der Waals surface area contributed by atoms with Crippen molar-refractivity contribution in [2.75, 3.05) is 26.2 Å². The van der Waals surface area contributed by atoms with Crippen LogP contribution in [0.3, 0.4) is 0 Å². The Balaban J connectivity index is 1.47. The number of hydrogen-bond donors (Lipinski definition) is 5. The number of likely N-dealkylation sites (tertiary alicyclic amines) is 1. The Labute approximate surface area is 197 Å². The molecule has 33 heavy (non-hydrogen) atoms. The van der Waals surface area contributed by atoms with E-state index in [4.69, 9.17) is 0 Å². The summed E-state index contributed by atoms with van der Waals surface area (Å²) in [5.41, 5.74) is -0.385. The lowest BCUT2D eigenvalue weighted by Gasteiger charge is -2.50. The highest BCUT2D eigenvalue weighted by Gasteiger charge is 2.68. The van der Waals surface area contributed by atoms with E-state index in [0.29, 0.717) is 6.42 Å². The molecule has 0 radical (unpaired) electrons. The van der Waals surface area contributed by atoms with Gasteiger partial charge in [-0.2, -0.15) is 0 Å². The van der Waals surface area contributed by atoms with Crippen molar-refractivity contribution in [3.05, 3.63) is 35.4 Å². The van der Waals surface area contributed by atoms with Crippen LogP contribution in [0.1, 0.15) is 68.4 Å². The lowest BCUT2D eigenvalue weighted by molar-refractivity contribution is -0.227. The first-order valence-corrected chi connectivity index (χ1v) is 13.1. The molecule has 6 nitrogen and oxygen atoms in total. The summed E-state index contributed by atoms with van der Waals surface area (Å²) < 4.78 is 0. The molecule has 3 aliphatic carbocycles. The molecule has 1 saturated heterocycles. The van der Waals surface area contributed by atoms with Gasteiger partial charge in [0.15, 0.2) is 0 Å². The van der Waals surface area contributed by atoms with Crippen LogP contribution >= 0.6 is 0 Å². The summed E-state index contributed by atoms with van der Waals surface area (Å²) in [7, 11) is 0. The molecule has 8 unspecified atom stereocenters. The number of rotatable bonds is 6. The minimum atomic E-state index is -1.51. The van der Waals surface area contributed by atoms with Crippen molar-refractivity contribution < 1.29 is 25.5 Å². The Morgan fingerprint density at radius 3 is 2.45 bits per heavy atom. The number of benzene rings is 1. The van der Waals surface area contributed by atoms with Gasteiger partial charge in [0.2, 0.25) is 0 Å². The van der Waals surface area contributed by atoms with Crippen LogP contribution in [0.15, 0.2) is 24.3 Å². The maximum atomic E-state index is 12.1. The normalized spacial score (nSPS) is 42.2. The molecule has 1 aliphatic heterocycles. The molecule has 5 N–H and O–H groups in total. The maximum Gasteiger partial charge on any atom is 0.0994 e. The van der Waals surface area contributed by atoms with E-state index in [-0.39, 0.29) is 43.1 Å². The predicted molar refractivity (Wildman–Crippen MR) is 126 cm³/mol. The third-order valence-corrected chi connectivity index (χ3v) is 9.61. The molecule has 1 heterocycles. The third kappa shape index (κ3) is 4.07. The molecule has 6 heteroatoms. The smallest absolute Gasteiger partial charge is 0.0994 e. The first-order chi connectivity index (χ1) is 15.9. The molecule has 5 rings (SSSR count). The van der Waals surface area contributed by atoms with Gasteiger partial charge in [0.25, 0.3) is 0 Å². The monoisotopic (exact) mass is 459 g/mol. The van der Waals surface area contributed by atoms with Crippen LogP contribution in [0.25, 0.3) is 0 Å². The Morgan fingerprint density at radius 2 is 1.70 bits per heavy atom. The van der Waals surface area contributed by atoms with Gasteiger partial charge in [-0.1, -0.05) is 30.7 Å². The molecule has 184 valence electrons. The van der Waals surface area contributed by atoms with Crippen molar-refractivity contribution in [3.63, 3.8) is 0 Å². The molecule has 1 aromatic carbocycles. The molecule has 4 aliphatic rings. The molecular formula is C27H41NO5. The predicted octanol–water partition coefficient (Wildman–Crippen LogP) is 1.81. The minimum Gasteiger partial charge on any atom is -0.396 e. The zero-order valence-corrected chi connectivity index (χ0v) is 19.6. The molecule has 2 saturated carbocycles. The Hall–Kier alpha value is -1.02. The first-order valence-electron chi connectivity index (χ1n) is 13.1. The van der Waals surface area contributed by atoms with Gasteiger partial charge in [0.1, 0.15) is 0 Å². The molecule has 0 aromatic heterocycles. The van der Waals surface area contributed by atoms with Crippen molar-refractivity contribution in [3.8, 4) is 0 Å². The van der Waals surface area contributed by atoms with Crippen molar-refractivity contribution in [2.24, 2.45) is 17.8 Å². The van der Waals surface area contributed by atoms with Crippen molar-refractivity contribution in [2.45, 2.75) is 87.1 Å². The second-order valence-corrected chi connectivity index (χ2v) is 11.4. The fraction of sp³-hybridized carbons (Fsp3) is 0.778. The van der Waals surface area contributed by atoms with Gasteiger partial charge in [0, 0.05) is 19.4 Å². The van der Waals surface area contributed by atoms with Gasteiger partial charge in [-0.15, -0.1) is 0 Å². The quantitative estimate of drug-likeness (QED) is 0.445. The van der Waals surface area contributed by atoms with Crippen LogP contribution < -0.4 is 0 Å². The molecular weight excluding hydrogens is 418 g/mol. The summed E-state index contributed by atoms with van der Waals surface area (Å²) in [5, 5.41) is 55.4. The summed E-state index contributed by atoms with van der Waals surface area (Å²) in [5.74, 6) is -0.356. The standard InChI is InChI=1S/C27H41NO5/c29-17-22(21-9-8-18-6-2-3-7-20(18)21)25-19(10-13-28-11-4-1-5-12-28)14-26(32)15-23(30)24(31)16-27(25,26)33/h2-3,6-7,19,21-25,29-33H,1,4-5,8-17H2. The van der Waals surface area contributed by atoms with Crippen molar-refractivity contribution in [1.29, 1.82) is 0 Å². The van der Waals surface area contributed by atoms with Crippen molar-refractivity contribution >= 4 is 0 Å². The van der Waals surface area contributed by atoms with Gasteiger partial charge in [-0.05, 0) is 93.0 Å². The highest BCUT2D eigenvalue weighted by molar-refractivity contribution is 5.36. The minimum absolute atomic E-state index is 0.0131. The largest absolute Gasteiger partial charge is 0.396 e. The SMILES string of the molecule is OCC(C1CCc2ccccc21)C1C(CCN2CCCCC2)CC2(O)CC(O)C(O)CC12O. The van der Waals surface area contributed by atoms with E-state index in [1.165, 1.54) is 30.4 Å². The number of aliphatic hydroxyl groups is 5. The van der Waals surface area contributed by atoms with Crippen LogP contribution in [0, 0.1) is 17.8 Å². The summed E-state index contributed by atoms with van der Waals surface area (Å²) in [6.07, 6.45) is 4.74. The number of aryl methyl sites for hydroxylation is 1. The molecule has 3 fully saturated rings. The first kappa shape index (κ1) is 23.7. The number of nitrogens with zero attached hydrogens (tertiary/aromatic N) is 1. The van der Waals surface area contributed by atoms with Crippen LogP contribution in [0.4, 0.5) is 0 Å². The number of piperidine rings is 1. The molecule has 0 bridgehead atoms. The summed E-state index contributed by atoms with van der Waals surface area (Å²) >= 11 is 0. The topological polar surface area (TPSA) is 104 Å². The Bertz CT molecular complexity index is 828. The zero-order valence-electron chi connectivity index (χ0n) is 19.6. The van der Waals surface area contributed by atoms with Crippen LogP contribution in [0.2, 0.25) is 0 Å². The van der Waals surface area contributed by atoms with E-state index in [1.807, 2.05) is 6.07 Å². The lowest BCUT2D eigenvalue weighted by atomic mass is 9.62. The highest BCUT2D eigenvalue weighted by Crippen LogP contribution is 2.60. The lowest BCUT2D eigenvalue weighted by Crippen LogP contribution is -2.63. The zero-order chi connectivity index (χ0) is 23.2. The fourth-order valence-electron chi connectivity index (χ4n) is 8.00. The second-order valence-electron chi connectivity index (χ2n) is 11.4. The van der Waals surface area contributed by atoms with E-state index in [9.17, 15) is 25.5 Å². The van der Waals surface area contributed by atoms with Gasteiger partial charge >= 0.3 is 0 Å². The molecule has 1 aromatic rings. The van der Waals surface area contributed by atoms with Gasteiger partial charge in [0.05, 0.1) is 23.4 Å². The van der Waals surface area contributed by atoms with Crippen LogP contribution in [-0.2, 0) is 6.42 Å². The molecule has 8 atom stereocenters. The average molecular weight is 460 g/mol. The van der Waals surface area contributed by atoms with Crippen LogP contribution in [0.5, 0.6) is 0 Å². The Kier molecular flexibility index (Phi) is 6.62. The van der Waals surface area contributed by atoms with Gasteiger partial charge in [-0.3, -0.25) is 0 Å². The highest BCUT2D eigenvalue weighted by atomic mass is 16.4. The summed E-state index contributed by atoms with van der Waals surface area (Å²) in [6, 6.07) is 8.39. The molecule has 0 spiro atoms. The third-order valence-electron chi connectivity index (χ3n) is 9.61. The maximum absolute atomic E-state index is 12.1. The van der Waals surface area contributed by atoms with E-state index >= 15 is 0 Å². The van der Waals surface area contributed by atoms with E-state index < -0.39 is 23.4 Å². The van der Waals surface area contributed by atoms with Gasteiger partial charge < -0.3 is 30.4 Å². The number of fused-ring (bicyclic) bond motifs is 2. The van der Waals surface area contributed by atoms with Crippen LogP contribution in [-0.4, -0.2) is 80.1 Å². The summed E-state index contributed by atoms with van der Waals surface area (Å²) in [4.78, 5) is 2.49. The van der Waals surface area contributed by atoms with E-state index in [0.717, 1.165) is 38.9 Å². The average Bonchev–Trinajstić information content (AvgIpc) is 3.32. The Morgan fingerprint density at radius 1 is 0.970 bits per heavy atom. The fourth-order valence-corrected chi connectivity index (χ4v) is 8.00. The summed E-state index contributed by atoms with van der Waals surface area (Å²) in [6.45, 7) is 3.07. The van der Waals surface area contributed by atoms with Crippen molar-refractivity contribution in [1.82, 2.24) is 4.90 Å². The van der Waals surface area contributed by atoms with Gasteiger partial charge in [-0.25, -0.2) is 0 Å². The number of hydrogen-bond acceptors (Lipinski definition) is 6. The molecule has 0 amide bonds. The second kappa shape index (κ2) is 9.21. The van der Waals surface area contributed by atoms with E-state index in [2.05, 4.69) is 23.1 Å².